The third-order valence-corrected chi connectivity index (χ3v) is 4.20. The molecule has 3 rings (SSSR count). The minimum Gasteiger partial charge on any atom is -0.449 e. The molecule has 0 aliphatic carbocycles. The molecule has 1 N–H and O–H groups in total. The highest BCUT2D eigenvalue weighted by atomic mass is 16.5. The summed E-state index contributed by atoms with van der Waals surface area (Å²) < 4.78 is 7.25. The maximum atomic E-state index is 12.5. The van der Waals surface area contributed by atoms with Gasteiger partial charge in [0.2, 0.25) is 0 Å². The zero-order chi connectivity index (χ0) is 17.3. The number of hydrogen-bond acceptors (Lipinski definition) is 5. The van der Waals surface area contributed by atoms with Gasteiger partial charge in [-0.25, -0.2) is 14.5 Å². The van der Waals surface area contributed by atoms with Gasteiger partial charge in [-0.05, 0) is 46.1 Å². The molecule has 0 bridgehead atoms. The van der Waals surface area contributed by atoms with Crippen LogP contribution in [0.15, 0.2) is 12.3 Å². The van der Waals surface area contributed by atoms with Gasteiger partial charge in [0.15, 0.2) is 11.8 Å². The Hall–Kier alpha value is -2.44. The number of esters is 1. The number of amides is 1. The smallest absolute Gasteiger partial charge is 0.340 e. The SMILES string of the molecule is Cc1nc2c(cnn2C(C)C)cc1C(=O)O[C@H]1CCCCNC1=O. The van der Waals surface area contributed by atoms with E-state index in [1.807, 2.05) is 18.5 Å². The molecule has 1 amide bonds. The second kappa shape index (κ2) is 6.59. The van der Waals surface area contributed by atoms with Crippen molar-refractivity contribution in [3.8, 4) is 0 Å². The fraction of sp³-hybridized carbons (Fsp3) is 0.529. The summed E-state index contributed by atoms with van der Waals surface area (Å²) in [5.41, 5.74) is 1.69. The molecular weight excluding hydrogens is 308 g/mol. The highest BCUT2D eigenvalue weighted by Gasteiger charge is 2.26. The van der Waals surface area contributed by atoms with Crippen LogP contribution in [-0.2, 0) is 9.53 Å². The van der Waals surface area contributed by atoms with E-state index in [0.717, 1.165) is 23.9 Å². The molecule has 3 heterocycles. The van der Waals surface area contributed by atoms with Crippen molar-refractivity contribution in [2.45, 2.75) is 52.2 Å². The molecule has 2 aromatic rings. The van der Waals surface area contributed by atoms with Crippen LogP contribution in [0, 0.1) is 6.92 Å². The Labute approximate surface area is 140 Å². The van der Waals surface area contributed by atoms with Gasteiger partial charge in [0.05, 0.1) is 17.5 Å². The summed E-state index contributed by atoms with van der Waals surface area (Å²) in [6, 6.07) is 1.92. The number of fused-ring (bicyclic) bond motifs is 1. The van der Waals surface area contributed by atoms with Crippen molar-refractivity contribution in [2.24, 2.45) is 0 Å². The molecule has 0 radical (unpaired) electrons. The van der Waals surface area contributed by atoms with Gasteiger partial charge in [-0.2, -0.15) is 5.10 Å². The summed E-state index contributed by atoms with van der Waals surface area (Å²) in [7, 11) is 0. The molecular formula is C17H22N4O3. The quantitative estimate of drug-likeness (QED) is 0.872. The normalized spacial score (nSPS) is 18.5. The number of nitrogens with one attached hydrogen (secondary N) is 1. The van der Waals surface area contributed by atoms with Crippen LogP contribution in [-0.4, -0.2) is 39.3 Å². The van der Waals surface area contributed by atoms with Crippen molar-refractivity contribution in [2.75, 3.05) is 6.54 Å². The van der Waals surface area contributed by atoms with E-state index in [-0.39, 0.29) is 11.9 Å². The molecule has 0 aromatic carbocycles. The summed E-state index contributed by atoms with van der Waals surface area (Å²) in [4.78, 5) is 29.0. The van der Waals surface area contributed by atoms with E-state index in [9.17, 15) is 9.59 Å². The van der Waals surface area contributed by atoms with Gasteiger partial charge in [-0.3, -0.25) is 4.79 Å². The number of nitrogens with zero attached hydrogens (tertiary/aromatic N) is 3. The number of rotatable bonds is 3. The van der Waals surface area contributed by atoms with E-state index in [0.29, 0.717) is 24.2 Å². The van der Waals surface area contributed by atoms with Gasteiger partial charge >= 0.3 is 5.97 Å². The van der Waals surface area contributed by atoms with Crippen molar-refractivity contribution in [1.29, 1.82) is 0 Å². The second-order valence-corrected chi connectivity index (χ2v) is 6.40. The third-order valence-electron chi connectivity index (χ3n) is 4.20. The van der Waals surface area contributed by atoms with Crippen LogP contribution in [0.1, 0.15) is 55.2 Å². The Morgan fingerprint density at radius 2 is 2.21 bits per heavy atom. The molecule has 0 spiro atoms. The molecule has 128 valence electrons. The Balaban J connectivity index is 1.87. The number of carbonyl (C=O) groups is 2. The summed E-state index contributed by atoms with van der Waals surface area (Å²) in [6.07, 6.45) is 3.28. The highest BCUT2D eigenvalue weighted by Crippen LogP contribution is 2.21. The van der Waals surface area contributed by atoms with E-state index in [1.54, 1.807) is 19.2 Å². The van der Waals surface area contributed by atoms with Crippen molar-refractivity contribution in [1.82, 2.24) is 20.1 Å². The lowest BCUT2D eigenvalue weighted by molar-refractivity contribution is -0.129. The Morgan fingerprint density at radius 1 is 1.42 bits per heavy atom. The maximum Gasteiger partial charge on any atom is 0.340 e. The van der Waals surface area contributed by atoms with Crippen LogP contribution in [0.3, 0.4) is 0 Å². The highest BCUT2D eigenvalue weighted by molar-refractivity contribution is 5.96. The summed E-state index contributed by atoms with van der Waals surface area (Å²) in [5.74, 6) is -0.735. The molecule has 1 aliphatic heterocycles. The topological polar surface area (TPSA) is 86.1 Å². The van der Waals surface area contributed by atoms with Gasteiger partial charge in [0, 0.05) is 18.0 Å². The molecule has 0 unspecified atom stereocenters. The molecule has 1 fully saturated rings. The average Bonchev–Trinajstić information content (AvgIpc) is 2.84. The minimum absolute atomic E-state index is 0.182. The number of aromatic nitrogens is 3. The fourth-order valence-corrected chi connectivity index (χ4v) is 2.87. The van der Waals surface area contributed by atoms with Crippen LogP contribution >= 0.6 is 0 Å². The molecule has 7 heteroatoms. The lowest BCUT2D eigenvalue weighted by Crippen LogP contribution is -2.36. The molecule has 7 nitrogen and oxygen atoms in total. The first-order valence-corrected chi connectivity index (χ1v) is 8.31. The van der Waals surface area contributed by atoms with Crippen LogP contribution in [0.4, 0.5) is 0 Å². The van der Waals surface area contributed by atoms with Gasteiger partial charge < -0.3 is 10.1 Å². The molecule has 2 aromatic heterocycles. The van der Waals surface area contributed by atoms with Crippen molar-refractivity contribution in [3.05, 3.63) is 23.5 Å². The van der Waals surface area contributed by atoms with Crippen LogP contribution in [0.2, 0.25) is 0 Å². The Morgan fingerprint density at radius 3 is 2.96 bits per heavy atom. The van der Waals surface area contributed by atoms with Crippen LogP contribution < -0.4 is 5.32 Å². The number of carbonyl (C=O) groups excluding carboxylic acids is 2. The summed E-state index contributed by atoms with van der Waals surface area (Å²) >= 11 is 0. The first-order chi connectivity index (χ1) is 11.5. The fourth-order valence-electron chi connectivity index (χ4n) is 2.87. The van der Waals surface area contributed by atoms with Gasteiger partial charge in [-0.1, -0.05) is 0 Å². The van der Waals surface area contributed by atoms with Crippen molar-refractivity contribution < 1.29 is 14.3 Å². The standard InChI is InChI=1S/C17H22N4O3/c1-10(2)21-15-12(9-19-21)8-13(11(3)20-15)17(23)24-14-6-4-5-7-18-16(14)22/h8-10,14H,4-7H2,1-3H3,(H,18,22)/t14-/m0/s1. The molecule has 0 saturated carbocycles. The van der Waals surface area contributed by atoms with E-state index < -0.39 is 12.1 Å². The van der Waals surface area contributed by atoms with Crippen molar-refractivity contribution >= 4 is 22.9 Å². The second-order valence-electron chi connectivity index (χ2n) is 6.40. The van der Waals surface area contributed by atoms with Gasteiger partial charge in [0.1, 0.15) is 0 Å². The molecule has 1 saturated heterocycles. The average molecular weight is 330 g/mol. The monoisotopic (exact) mass is 330 g/mol. The number of pyridine rings is 1. The summed E-state index contributed by atoms with van der Waals surface area (Å²) in [5, 5.41) is 7.86. The maximum absolute atomic E-state index is 12.5. The minimum atomic E-state index is -0.728. The lowest BCUT2D eigenvalue weighted by Gasteiger charge is -2.15. The Bertz CT molecular complexity index is 781. The predicted octanol–water partition coefficient (Wildman–Crippen LogP) is 2.15. The van der Waals surface area contributed by atoms with E-state index in [1.165, 1.54) is 0 Å². The summed E-state index contributed by atoms with van der Waals surface area (Å²) in [6.45, 7) is 6.45. The first-order valence-electron chi connectivity index (χ1n) is 8.31. The molecule has 1 aliphatic rings. The predicted molar refractivity (Wildman–Crippen MR) is 88.7 cm³/mol. The third kappa shape index (κ3) is 3.11. The number of ether oxygens (including phenoxy) is 1. The van der Waals surface area contributed by atoms with E-state index in [4.69, 9.17) is 4.74 Å². The van der Waals surface area contributed by atoms with Crippen LogP contribution in [0.5, 0.6) is 0 Å². The lowest BCUT2D eigenvalue weighted by atomic mass is 10.1. The van der Waals surface area contributed by atoms with E-state index >= 15 is 0 Å². The van der Waals surface area contributed by atoms with Gasteiger partial charge in [-0.15, -0.1) is 0 Å². The first kappa shape index (κ1) is 16.4. The van der Waals surface area contributed by atoms with Gasteiger partial charge in [0.25, 0.3) is 5.91 Å². The Kier molecular flexibility index (Phi) is 4.51. The number of hydrogen-bond donors (Lipinski definition) is 1. The zero-order valence-corrected chi connectivity index (χ0v) is 14.2. The molecule has 1 atom stereocenters. The van der Waals surface area contributed by atoms with E-state index in [2.05, 4.69) is 15.4 Å². The largest absolute Gasteiger partial charge is 0.449 e. The molecule has 24 heavy (non-hydrogen) atoms. The zero-order valence-electron chi connectivity index (χ0n) is 14.2. The van der Waals surface area contributed by atoms with Crippen LogP contribution in [0.25, 0.3) is 11.0 Å². The number of aryl methyl sites for hydroxylation is 1. The van der Waals surface area contributed by atoms with Crippen molar-refractivity contribution in [3.63, 3.8) is 0 Å².